The first-order valence-corrected chi connectivity index (χ1v) is 4.98. The normalized spacial score (nSPS) is 9.08. The Balaban J connectivity index is 0.000000671. The Bertz CT molecular complexity index is 216. The molecular weight excluding hydrogens is 184 g/mol. The highest BCUT2D eigenvalue weighted by Gasteiger charge is 1.95. The van der Waals surface area contributed by atoms with Crippen LogP contribution in [-0.2, 0) is 0 Å². The number of rotatable bonds is 2. The fraction of sp³-hybridized carbons (Fsp3) is 0.455. The van der Waals surface area contributed by atoms with Crippen LogP contribution < -0.4 is 4.74 Å². The van der Waals surface area contributed by atoms with Crippen molar-refractivity contribution in [3.05, 3.63) is 29.3 Å². The van der Waals surface area contributed by atoms with Crippen molar-refractivity contribution in [2.45, 2.75) is 33.8 Å². The summed E-state index contributed by atoms with van der Waals surface area (Å²) in [5.74, 6) is 0.865. The monoisotopic (exact) mass is 200 g/mol. The topological polar surface area (TPSA) is 9.23 Å². The predicted molar refractivity (Wildman–Crippen MR) is 58.6 cm³/mol. The average Bonchev–Trinajstić information content (AvgIpc) is 2.12. The summed E-state index contributed by atoms with van der Waals surface area (Å²) in [5, 5.41) is 0.737. The van der Waals surface area contributed by atoms with E-state index in [4.69, 9.17) is 16.3 Å². The van der Waals surface area contributed by atoms with Gasteiger partial charge in [0.25, 0.3) is 0 Å². The molecule has 0 fully saturated rings. The average molecular weight is 201 g/mol. The first-order valence-electron chi connectivity index (χ1n) is 4.60. The van der Waals surface area contributed by atoms with Crippen LogP contribution in [0.5, 0.6) is 5.75 Å². The second kappa shape index (κ2) is 6.79. The Hall–Kier alpha value is -0.690. The van der Waals surface area contributed by atoms with Crippen LogP contribution in [0.4, 0.5) is 0 Å². The lowest BCUT2D eigenvalue weighted by molar-refractivity contribution is 0.242. The maximum absolute atomic E-state index is 5.69. The van der Waals surface area contributed by atoms with E-state index in [9.17, 15) is 0 Å². The summed E-state index contributed by atoms with van der Waals surface area (Å²) in [5.41, 5.74) is 0. The van der Waals surface area contributed by atoms with Gasteiger partial charge < -0.3 is 4.74 Å². The molecule has 0 aromatic heterocycles. The van der Waals surface area contributed by atoms with Crippen LogP contribution in [0.3, 0.4) is 0 Å². The van der Waals surface area contributed by atoms with Gasteiger partial charge in [-0.15, -0.1) is 0 Å². The third-order valence-corrected chi connectivity index (χ3v) is 1.44. The number of hydrogen-bond donors (Lipinski definition) is 0. The lowest BCUT2D eigenvalue weighted by atomic mass is 10.3. The van der Waals surface area contributed by atoms with Crippen LogP contribution in [-0.4, -0.2) is 6.10 Å². The molecule has 0 radical (unpaired) electrons. The first-order chi connectivity index (χ1) is 6.18. The molecule has 1 aromatic rings. The molecule has 1 nitrogen and oxygen atoms in total. The van der Waals surface area contributed by atoms with E-state index in [1.54, 1.807) is 0 Å². The minimum atomic E-state index is 0.219. The molecule has 0 aliphatic rings. The lowest BCUT2D eigenvalue weighted by Gasteiger charge is -2.08. The summed E-state index contributed by atoms with van der Waals surface area (Å²) in [7, 11) is 0. The highest BCUT2D eigenvalue weighted by molar-refractivity contribution is 6.30. The molecule has 0 bridgehead atoms. The maximum Gasteiger partial charge on any atom is 0.119 e. The first kappa shape index (κ1) is 12.3. The van der Waals surface area contributed by atoms with E-state index < -0.39 is 0 Å². The van der Waals surface area contributed by atoms with Crippen LogP contribution >= 0.6 is 11.6 Å². The molecule has 0 aliphatic heterocycles. The van der Waals surface area contributed by atoms with Crippen molar-refractivity contribution in [1.29, 1.82) is 0 Å². The summed E-state index contributed by atoms with van der Waals surface area (Å²) in [6, 6.07) is 7.36. The zero-order valence-electron chi connectivity index (χ0n) is 8.67. The minimum absolute atomic E-state index is 0.219. The molecular formula is C11H17ClO. The summed E-state index contributed by atoms with van der Waals surface area (Å²) >= 11 is 5.69. The van der Waals surface area contributed by atoms with Gasteiger partial charge in [-0.3, -0.25) is 0 Å². The van der Waals surface area contributed by atoms with Crippen molar-refractivity contribution in [2.24, 2.45) is 0 Å². The molecule has 0 saturated carbocycles. The fourth-order valence-electron chi connectivity index (χ4n) is 0.785. The van der Waals surface area contributed by atoms with Gasteiger partial charge in [0.05, 0.1) is 6.10 Å². The summed E-state index contributed by atoms with van der Waals surface area (Å²) in [6.45, 7) is 7.99. The maximum atomic E-state index is 5.69. The van der Waals surface area contributed by atoms with Crippen LogP contribution in [0.1, 0.15) is 27.7 Å². The van der Waals surface area contributed by atoms with Crippen LogP contribution in [0.15, 0.2) is 24.3 Å². The molecule has 0 saturated heterocycles. The van der Waals surface area contributed by atoms with Crippen molar-refractivity contribution < 1.29 is 4.74 Å². The molecule has 0 N–H and O–H groups in total. The Morgan fingerprint density at radius 1 is 1.08 bits per heavy atom. The van der Waals surface area contributed by atoms with Gasteiger partial charge in [-0.05, 0) is 38.1 Å². The van der Waals surface area contributed by atoms with Gasteiger partial charge in [-0.2, -0.15) is 0 Å². The predicted octanol–water partition coefficient (Wildman–Crippen LogP) is 4.15. The molecule has 0 aliphatic carbocycles. The van der Waals surface area contributed by atoms with Crippen LogP contribution in [0.2, 0.25) is 5.02 Å². The SMILES string of the molecule is CC.CC(C)Oc1ccc(Cl)cc1. The molecule has 0 spiro atoms. The zero-order chi connectivity index (χ0) is 10.3. The van der Waals surface area contributed by atoms with Crippen LogP contribution in [0.25, 0.3) is 0 Å². The molecule has 0 heterocycles. The second-order valence-corrected chi connectivity index (χ2v) is 3.06. The molecule has 2 heteroatoms. The van der Waals surface area contributed by atoms with E-state index in [1.807, 2.05) is 52.0 Å². The molecule has 1 rings (SSSR count). The Kier molecular flexibility index (Phi) is 6.43. The number of ether oxygens (including phenoxy) is 1. The third kappa shape index (κ3) is 5.53. The highest BCUT2D eigenvalue weighted by atomic mass is 35.5. The molecule has 0 unspecified atom stereocenters. The molecule has 74 valence electrons. The zero-order valence-corrected chi connectivity index (χ0v) is 9.43. The van der Waals surface area contributed by atoms with Crippen LogP contribution in [0, 0.1) is 0 Å². The Labute approximate surface area is 85.7 Å². The summed E-state index contributed by atoms with van der Waals surface area (Å²) in [4.78, 5) is 0. The molecule has 0 amide bonds. The van der Waals surface area contributed by atoms with Gasteiger partial charge in [0.1, 0.15) is 5.75 Å². The summed E-state index contributed by atoms with van der Waals surface area (Å²) < 4.78 is 5.41. The van der Waals surface area contributed by atoms with Gasteiger partial charge in [-0.1, -0.05) is 25.4 Å². The Morgan fingerprint density at radius 2 is 1.54 bits per heavy atom. The molecule has 1 aromatic carbocycles. The van der Waals surface area contributed by atoms with Crippen molar-refractivity contribution in [3.8, 4) is 5.75 Å². The standard InChI is InChI=1S/C9H11ClO.C2H6/c1-7(2)11-9-5-3-8(10)4-6-9;1-2/h3-7H,1-2H3;1-2H3. The van der Waals surface area contributed by atoms with E-state index in [1.165, 1.54) is 0 Å². The van der Waals surface area contributed by atoms with Crippen molar-refractivity contribution in [2.75, 3.05) is 0 Å². The summed E-state index contributed by atoms with van der Waals surface area (Å²) in [6.07, 6.45) is 0.219. The van der Waals surface area contributed by atoms with E-state index >= 15 is 0 Å². The lowest BCUT2D eigenvalue weighted by Crippen LogP contribution is -2.04. The third-order valence-electron chi connectivity index (χ3n) is 1.19. The van der Waals surface area contributed by atoms with Gasteiger partial charge in [0.2, 0.25) is 0 Å². The number of hydrogen-bond acceptors (Lipinski definition) is 1. The quantitative estimate of drug-likeness (QED) is 0.697. The van der Waals surface area contributed by atoms with Gasteiger partial charge in [0.15, 0.2) is 0 Å². The van der Waals surface area contributed by atoms with E-state index in [-0.39, 0.29) is 6.10 Å². The largest absolute Gasteiger partial charge is 0.491 e. The van der Waals surface area contributed by atoms with E-state index in [0.717, 1.165) is 10.8 Å². The second-order valence-electron chi connectivity index (χ2n) is 2.62. The van der Waals surface area contributed by atoms with Crippen molar-refractivity contribution in [1.82, 2.24) is 0 Å². The fourth-order valence-corrected chi connectivity index (χ4v) is 0.911. The van der Waals surface area contributed by atoms with E-state index in [2.05, 4.69) is 0 Å². The smallest absolute Gasteiger partial charge is 0.119 e. The van der Waals surface area contributed by atoms with Gasteiger partial charge >= 0.3 is 0 Å². The van der Waals surface area contributed by atoms with Crippen molar-refractivity contribution >= 4 is 11.6 Å². The molecule has 0 atom stereocenters. The number of halogens is 1. The minimum Gasteiger partial charge on any atom is -0.491 e. The number of benzene rings is 1. The van der Waals surface area contributed by atoms with Gasteiger partial charge in [0, 0.05) is 5.02 Å². The van der Waals surface area contributed by atoms with Crippen molar-refractivity contribution in [3.63, 3.8) is 0 Å². The van der Waals surface area contributed by atoms with Gasteiger partial charge in [-0.25, -0.2) is 0 Å². The van der Waals surface area contributed by atoms with E-state index in [0.29, 0.717) is 0 Å². The Morgan fingerprint density at radius 3 is 1.92 bits per heavy atom. The highest BCUT2D eigenvalue weighted by Crippen LogP contribution is 2.16. The molecule has 13 heavy (non-hydrogen) atoms.